The van der Waals surface area contributed by atoms with Gasteiger partial charge in [-0.3, -0.25) is 0 Å². The van der Waals surface area contributed by atoms with Crippen molar-refractivity contribution in [3.05, 3.63) is 59.8 Å². The summed E-state index contributed by atoms with van der Waals surface area (Å²) in [6, 6.07) is 16.0. The van der Waals surface area contributed by atoms with Gasteiger partial charge in [0.1, 0.15) is 5.69 Å². The Labute approximate surface area is 132 Å². The van der Waals surface area contributed by atoms with E-state index in [4.69, 9.17) is 11.6 Å². The predicted molar refractivity (Wildman–Crippen MR) is 87.5 cm³/mol. The van der Waals surface area contributed by atoms with Crippen LogP contribution in [-0.2, 0) is 0 Å². The molecule has 0 aliphatic carbocycles. The van der Waals surface area contributed by atoms with Crippen molar-refractivity contribution in [2.75, 3.05) is 6.26 Å². The van der Waals surface area contributed by atoms with Crippen LogP contribution in [0.25, 0.3) is 22.4 Å². The molecule has 0 aliphatic rings. The third kappa shape index (κ3) is 3.23. The van der Waals surface area contributed by atoms with E-state index in [1.165, 1.54) is 11.8 Å². The first-order chi connectivity index (χ1) is 10.3. The van der Waals surface area contributed by atoms with Gasteiger partial charge in [-0.05, 0) is 29.5 Å². The van der Waals surface area contributed by atoms with Crippen molar-refractivity contribution in [2.45, 2.75) is 5.16 Å². The van der Waals surface area contributed by atoms with Gasteiger partial charge in [0.05, 0.1) is 6.20 Å². The van der Waals surface area contributed by atoms with Gasteiger partial charge < -0.3 is 0 Å². The van der Waals surface area contributed by atoms with Crippen LogP contribution in [0.4, 0.5) is 0 Å². The monoisotopic (exact) mass is 313 g/mol. The van der Waals surface area contributed by atoms with Crippen LogP contribution in [0, 0.1) is 0 Å². The lowest BCUT2D eigenvalue weighted by molar-refractivity contribution is 0.847. The molecule has 0 fully saturated rings. The molecular weight excluding hydrogens is 302 g/mol. The minimum atomic E-state index is 0.677. The summed E-state index contributed by atoms with van der Waals surface area (Å²) in [4.78, 5) is 4.24. The van der Waals surface area contributed by atoms with Crippen molar-refractivity contribution in [3.63, 3.8) is 0 Å². The molecule has 0 unspecified atom stereocenters. The van der Waals surface area contributed by atoms with Gasteiger partial charge in [0.15, 0.2) is 0 Å². The number of nitrogens with zero attached hydrogens (tertiary/aromatic N) is 3. The van der Waals surface area contributed by atoms with Gasteiger partial charge in [-0.2, -0.15) is 0 Å². The summed E-state index contributed by atoms with van der Waals surface area (Å²) in [6.07, 6.45) is 3.67. The van der Waals surface area contributed by atoms with Crippen LogP contribution in [0.15, 0.2) is 59.9 Å². The smallest absolute Gasteiger partial charge is 0.208 e. The minimum absolute atomic E-state index is 0.677. The van der Waals surface area contributed by atoms with Gasteiger partial charge in [-0.1, -0.05) is 59.8 Å². The Bertz CT molecular complexity index is 725. The Hall–Kier alpha value is -1.91. The van der Waals surface area contributed by atoms with E-state index in [0.717, 1.165) is 27.4 Å². The van der Waals surface area contributed by atoms with E-state index in [1.807, 2.05) is 42.7 Å². The second-order valence-corrected chi connectivity index (χ2v) is 5.62. The van der Waals surface area contributed by atoms with Crippen LogP contribution < -0.4 is 0 Å². The average molecular weight is 314 g/mol. The van der Waals surface area contributed by atoms with E-state index in [0.29, 0.717) is 5.16 Å². The first-order valence-corrected chi connectivity index (χ1v) is 7.96. The van der Waals surface area contributed by atoms with Crippen molar-refractivity contribution in [2.24, 2.45) is 0 Å². The van der Waals surface area contributed by atoms with Crippen LogP contribution in [0.2, 0.25) is 5.02 Å². The fraction of sp³-hybridized carbons (Fsp3) is 0.0625. The molecule has 3 nitrogen and oxygen atoms in total. The lowest BCUT2D eigenvalue weighted by Gasteiger charge is -2.04. The summed E-state index contributed by atoms with van der Waals surface area (Å²) in [7, 11) is 0. The summed E-state index contributed by atoms with van der Waals surface area (Å²) in [5, 5.41) is 9.65. The van der Waals surface area contributed by atoms with Crippen molar-refractivity contribution in [3.8, 4) is 22.4 Å². The highest BCUT2D eigenvalue weighted by molar-refractivity contribution is 7.98. The minimum Gasteiger partial charge on any atom is -0.227 e. The van der Waals surface area contributed by atoms with E-state index in [-0.39, 0.29) is 0 Å². The second kappa shape index (κ2) is 6.24. The Morgan fingerprint density at radius 3 is 1.90 bits per heavy atom. The highest BCUT2D eigenvalue weighted by Crippen LogP contribution is 2.24. The highest BCUT2D eigenvalue weighted by Gasteiger charge is 2.03. The maximum absolute atomic E-state index is 5.91. The number of aromatic nitrogens is 3. The van der Waals surface area contributed by atoms with Crippen LogP contribution in [0.3, 0.4) is 0 Å². The van der Waals surface area contributed by atoms with Gasteiger partial charge in [0.25, 0.3) is 0 Å². The molecule has 0 saturated heterocycles. The lowest BCUT2D eigenvalue weighted by atomic mass is 10.0. The molecule has 1 heterocycles. The molecule has 3 aromatic rings. The first-order valence-electron chi connectivity index (χ1n) is 6.36. The molecule has 0 atom stereocenters. The molecule has 0 radical (unpaired) electrons. The zero-order valence-corrected chi connectivity index (χ0v) is 12.9. The molecule has 2 aromatic carbocycles. The number of rotatable bonds is 3. The molecule has 3 rings (SSSR count). The summed E-state index contributed by atoms with van der Waals surface area (Å²) < 4.78 is 0. The second-order valence-electron chi connectivity index (χ2n) is 4.41. The van der Waals surface area contributed by atoms with Crippen molar-refractivity contribution >= 4 is 23.4 Å². The molecule has 0 aliphatic heterocycles. The van der Waals surface area contributed by atoms with Crippen molar-refractivity contribution in [1.29, 1.82) is 0 Å². The Balaban J connectivity index is 1.87. The number of thioether (sulfide) groups is 1. The quantitative estimate of drug-likeness (QED) is 0.663. The predicted octanol–water partition coefficient (Wildman–Crippen LogP) is 4.58. The number of hydrogen-bond acceptors (Lipinski definition) is 4. The van der Waals surface area contributed by atoms with E-state index >= 15 is 0 Å². The van der Waals surface area contributed by atoms with Gasteiger partial charge in [-0.25, -0.2) is 4.98 Å². The van der Waals surface area contributed by atoms with Gasteiger partial charge >= 0.3 is 0 Å². The Morgan fingerprint density at radius 1 is 0.810 bits per heavy atom. The SMILES string of the molecule is CSc1ncc(-c2ccc(-c3ccc(Cl)cc3)cc2)nn1. The standard InChI is InChI=1S/C16H12ClN3S/c1-21-16-18-10-15(19-20-16)13-4-2-11(3-5-13)12-6-8-14(17)9-7-12/h2-10H,1H3. The maximum atomic E-state index is 5.91. The number of hydrogen-bond donors (Lipinski definition) is 0. The highest BCUT2D eigenvalue weighted by atomic mass is 35.5. The molecule has 0 saturated carbocycles. The summed E-state index contributed by atoms with van der Waals surface area (Å²) >= 11 is 7.38. The third-order valence-electron chi connectivity index (χ3n) is 3.08. The summed E-state index contributed by atoms with van der Waals surface area (Å²) in [5.41, 5.74) is 4.04. The number of halogens is 1. The third-order valence-corrected chi connectivity index (χ3v) is 3.89. The molecule has 0 amide bonds. The van der Waals surface area contributed by atoms with Crippen LogP contribution in [0.5, 0.6) is 0 Å². The van der Waals surface area contributed by atoms with Crippen LogP contribution in [-0.4, -0.2) is 21.4 Å². The summed E-state index contributed by atoms with van der Waals surface area (Å²) in [6.45, 7) is 0. The Morgan fingerprint density at radius 2 is 1.38 bits per heavy atom. The fourth-order valence-electron chi connectivity index (χ4n) is 1.97. The zero-order chi connectivity index (χ0) is 14.7. The molecule has 104 valence electrons. The molecule has 0 N–H and O–H groups in total. The van der Waals surface area contributed by atoms with E-state index in [2.05, 4.69) is 27.3 Å². The molecular formula is C16H12ClN3S. The molecule has 5 heteroatoms. The van der Waals surface area contributed by atoms with Gasteiger partial charge in [0.2, 0.25) is 5.16 Å². The molecule has 0 bridgehead atoms. The van der Waals surface area contributed by atoms with E-state index in [1.54, 1.807) is 6.20 Å². The van der Waals surface area contributed by atoms with E-state index in [9.17, 15) is 0 Å². The lowest BCUT2D eigenvalue weighted by Crippen LogP contribution is -1.92. The topological polar surface area (TPSA) is 38.7 Å². The molecule has 1 aromatic heterocycles. The first kappa shape index (κ1) is 14.0. The number of benzene rings is 2. The molecule has 0 spiro atoms. The zero-order valence-electron chi connectivity index (χ0n) is 11.3. The van der Waals surface area contributed by atoms with Crippen molar-refractivity contribution < 1.29 is 0 Å². The molecule has 21 heavy (non-hydrogen) atoms. The van der Waals surface area contributed by atoms with Crippen LogP contribution in [0.1, 0.15) is 0 Å². The normalized spacial score (nSPS) is 10.6. The average Bonchev–Trinajstić information content (AvgIpc) is 2.56. The van der Waals surface area contributed by atoms with E-state index < -0.39 is 0 Å². The fourth-order valence-corrected chi connectivity index (χ4v) is 2.37. The van der Waals surface area contributed by atoms with Gasteiger partial charge in [0, 0.05) is 10.6 Å². The van der Waals surface area contributed by atoms with Crippen molar-refractivity contribution in [1.82, 2.24) is 15.2 Å². The largest absolute Gasteiger partial charge is 0.227 e. The van der Waals surface area contributed by atoms with Crippen LogP contribution >= 0.6 is 23.4 Å². The Kier molecular flexibility index (Phi) is 4.18. The maximum Gasteiger partial charge on any atom is 0.208 e. The van der Waals surface area contributed by atoms with Gasteiger partial charge in [-0.15, -0.1) is 10.2 Å². The summed E-state index contributed by atoms with van der Waals surface area (Å²) in [5.74, 6) is 0.